The molecule has 1 fully saturated rings. The van der Waals surface area contributed by atoms with E-state index in [1.54, 1.807) is 0 Å². The van der Waals surface area contributed by atoms with Gasteiger partial charge in [-0.05, 0) is 5.56 Å². The number of cyclic esters (lactones) is 1. The first-order valence-corrected chi connectivity index (χ1v) is 6.41. The van der Waals surface area contributed by atoms with Gasteiger partial charge in [0.05, 0.1) is 12.6 Å². The maximum absolute atomic E-state index is 12.1. The van der Waals surface area contributed by atoms with Crippen LogP contribution in [0.1, 0.15) is 32.4 Å². The van der Waals surface area contributed by atoms with E-state index < -0.39 is 11.5 Å². The molecule has 4 nitrogen and oxygen atoms in total. The lowest BCUT2D eigenvalue weighted by molar-refractivity contribution is -0.127. The zero-order valence-electron chi connectivity index (χ0n) is 11.6. The van der Waals surface area contributed by atoms with Crippen LogP contribution in [0.3, 0.4) is 0 Å². The summed E-state index contributed by atoms with van der Waals surface area (Å²) in [5.41, 5.74) is 0.541. The first kappa shape index (κ1) is 13.6. The third kappa shape index (κ3) is 2.95. The van der Waals surface area contributed by atoms with Crippen molar-refractivity contribution >= 4 is 11.9 Å². The highest BCUT2D eigenvalue weighted by molar-refractivity contribution is 5.88. The highest BCUT2D eigenvalue weighted by Gasteiger charge is 2.37. The molecule has 102 valence electrons. The summed E-state index contributed by atoms with van der Waals surface area (Å²) in [6, 6.07) is 9.48. The minimum absolute atomic E-state index is 0.0345. The maximum atomic E-state index is 12.1. The second kappa shape index (κ2) is 5.03. The Morgan fingerprint density at radius 3 is 2.53 bits per heavy atom. The predicted molar refractivity (Wildman–Crippen MR) is 71.7 cm³/mol. The number of ether oxygens (including phenoxy) is 1. The average molecular weight is 261 g/mol. The second-order valence-electron chi connectivity index (χ2n) is 5.80. The number of benzene rings is 1. The average Bonchev–Trinajstić information content (AvgIpc) is 2.71. The van der Waals surface area contributed by atoms with E-state index in [2.05, 4.69) is 0 Å². The largest absolute Gasteiger partial charge is 0.447 e. The standard InChI is InChI=1S/C15H19NO3/c1-15(2,3)13(17)9-16-12(10-19-14(16)18)11-7-5-4-6-8-11/h4-8,12H,9-10H2,1-3H3/t12-/m0/s1. The molecule has 2 rings (SSSR count). The van der Waals surface area contributed by atoms with Crippen LogP contribution in [0.25, 0.3) is 0 Å². The summed E-state index contributed by atoms with van der Waals surface area (Å²) >= 11 is 0. The van der Waals surface area contributed by atoms with Crippen molar-refractivity contribution in [1.29, 1.82) is 0 Å². The molecule has 1 amide bonds. The van der Waals surface area contributed by atoms with E-state index in [0.29, 0.717) is 6.61 Å². The highest BCUT2D eigenvalue weighted by Crippen LogP contribution is 2.28. The topological polar surface area (TPSA) is 46.6 Å². The van der Waals surface area contributed by atoms with Crippen LogP contribution in [-0.2, 0) is 9.53 Å². The Balaban J connectivity index is 2.17. The molecule has 0 N–H and O–H groups in total. The second-order valence-corrected chi connectivity index (χ2v) is 5.80. The van der Waals surface area contributed by atoms with E-state index in [1.165, 1.54) is 4.90 Å². The van der Waals surface area contributed by atoms with Gasteiger partial charge in [-0.2, -0.15) is 0 Å². The summed E-state index contributed by atoms with van der Waals surface area (Å²) in [4.78, 5) is 25.4. The van der Waals surface area contributed by atoms with Gasteiger partial charge in [-0.25, -0.2) is 4.79 Å². The van der Waals surface area contributed by atoms with E-state index >= 15 is 0 Å². The van der Waals surface area contributed by atoms with Crippen molar-refractivity contribution < 1.29 is 14.3 Å². The predicted octanol–water partition coefficient (Wildman–Crippen LogP) is 2.80. The first-order chi connectivity index (χ1) is 8.89. The molecule has 0 aromatic heterocycles. The monoisotopic (exact) mass is 261 g/mol. The number of amides is 1. The lowest BCUT2D eigenvalue weighted by atomic mass is 9.90. The van der Waals surface area contributed by atoms with Crippen molar-refractivity contribution in [1.82, 2.24) is 4.90 Å². The molecule has 0 aliphatic carbocycles. The van der Waals surface area contributed by atoms with Crippen molar-refractivity contribution in [3.63, 3.8) is 0 Å². The van der Waals surface area contributed by atoms with Gasteiger partial charge < -0.3 is 4.74 Å². The molecule has 19 heavy (non-hydrogen) atoms. The van der Waals surface area contributed by atoms with Gasteiger partial charge in [0.2, 0.25) is 0 Å². The van der Waals surface area contributed by atoms with E-state index in [0.717, 1.165) is 5.56 Å². The Labute approximate surface area is 113 Å². The number of rotatable bonds is 3. The van der Waals surface area contributed by atoms with Gasteiger partial charge in [0, 0.05) is 5.41 Å². The molecule has 4 heteroatoms. The van der Waals surface area contributed by atoms with Gasteiger partial charge in [0.15, 0.2) is 5.78 Å². The summed E-state index contributed by atoms with van der Waals surface area (Å²) in [5.74, 6) is 0.0345. The molecule has 1 aromatic carbocycles. The molecule has 1 aliphatic heterocycles. The minimum Gasteiger partial charge on any atom is -0.447 e. The third-order valence-corrected chi connectivity index (χ3v) is 3.31. The highest BCUT2D eigenvalue weighted by atomic mass is 16.6. The Hall–Kier alpha value is -1.84. The van der Waals surface area contributed by atoms with Gasteiger partial charge in [-0.15, -0.1) is 0 Å². The fourth-order valence-corrected chi connectivity index (χ4v) is 1.97. The summed E-state index contributed by atoms with van der Waals surface area (Å²) < 4.78 is 5.08. The van der Waals surface area contributed by atoms with Crippen LogP contribution in [0.4, 0.5) is 4.79 Å². The molecular formula is C15H19NO3. The number of Topliss-reactive ketones (excluding diaryl/α,β-unsaturated/α-hetero) is 1. The van der Waals surface area contributed by atoms with E-state index in [-0.39, 0.29) is 18.4 Å². The molecule has 1 aliphatic rings. The van der Waals surface area contributed by atoms with Crippen LogP contribution in [-0.4, -0.2) is 29.9 Å². The van der Waals surface area contributed by atoms with Gasteiger partial charge in [-0.1, -0.05) is 51.1 Å². The Kier molecular flexibility index (Phi) is 3.60. The zero-order valence-corrected chi connectivity index (χ0v) is 11.6. The molecule has 1 heterocycles. The fourth-order valence-electron chi connectivity index (χ4n) is 1.97. The molecule has 1 saturated heterocycles. The summed E-state index contributed by atoms with van der Waals surface area (Å²) in [6.45, 7) is 5.97. The van der Waals surface area contributed by atoms with E-state index in [9.17, 15) is 9.59 Å². The lowest BCUT2D eigenvalue weighted by Gasteiger charge is -2.25. The molecule has 0 bridgehead atoms. The SMILES string of the molecule is CC(C)(C)C(=O)CN1C(=O)OC[C@H]1c1ccccc1. The number of carbonyl (C=O) groups is 2. The normalized spacial score (nSPS) is 19.4. The smallest absolute Gasteiger partial charge is 0.410 e. The number of carbonyl (C=O) groups excluding carboxylic acids is 2. The molecule has 0 radical (unpaired) electrons. The van der Waals surface area contributed by atoms with Gasteiger partial charge in [0.1, 0.15) is 6.61 Å². The quantitative estimate of drug-likeness (QED) is 0.840. The summed E-state index contributed by atoms with van der Waals surface area (Å²) in [5, 5.41) is 0. The van der Waals surface area contributed by atoms with Gasteiger partial charge in [0.25, 0.3) is 0 Å². The molecule has 0 unspecified atom stereocenters. The number of hydrogen-bond donors (Lipinski definition) is 0. The van der Waals surface area contributed by atoms with Crippen LogP contribution in [0, 0.1) is 5.41 Å². The van der Waals surface area contributed by atoms with Gasteiger partial charge >= 0.3 is 6.09 Å². The van der Waals surface area contributed by atoms with Gasteiger partial charge in [-0.3, -0.25) is 9.69 Å². The van der Waals surface area contributed by atoms with Crippen molar-refractivity contribution in [3.05, 3.63) is 35.9 Å². The van der Waals surface area contributed by atoms with Crippen LogP contribution in [0.15, 0.2) is 30.3 Å². The van der Waals surface area contributed by atoms with E-state index in [1.807, 2.05) is 51.1 Å². The Morgan fingerprint density at radius 1 is 1.32 bits per heavy atom. The Morgan fingerprint density at radius 2 is 1.95 bits per heavy atom. The first-order valence-electron chi connectivity index (χ1n) is 6.41. The van der Waals surface area contributed by atoms with E-state index in [4.69, 9.17) is 4.74 Å². The number of hydrogen-bond acceptors (Lipinski definition) is 3. The van der Waals surface area contributed by atoms with Crippen LogP contribution in [0.5, 0.6) is 0 Å². The maximum Gasteiger partial charge on any atom is 0.410 e. The van der Waals surface area contributed by atoms with Crippen molar-refractivity contribution in [2.45, 2.75) is 26.8 Å². The fraction of sp³-hybridized carbons (Fsp3) is 0.467. The lowest BCUT2D eigenvalue weighted by Crippen LogP contribution is -2.37. The van der Waals surface area contributed by atoms with Crippen LogP contribution >= 0.6 is 0 Å². The van der Waals surface area contributed by atoms with Crippen molar-refractivity contribution in [2.75, 3.05) is 13.2 Å². The van der Waals surface area contributed by atoms with Crippen LogP contribution < -0.4 is 0 Å². The molecule has 1 aromatic rings. The third-order valence-electron chi connectivity index (χ3n) is 3.31. The van der Waals surface area contributed by atoms with Crippen molar-refractivity contribution in [3.8, 4) is 0 Å². The number of nitrogens with zero attached hydrogens (tertiary/aromatic N) is 1. The van der Waals surface area contributed by atoms with Crippen molar-refractivity contribution in [2.24, 2.45) is 5.41 Å². The molecule has 0 spiro atoms. The van der Waals surface area contributed by atoms with Crippen LogP contribution in [0.2, 0.25) is 0 Å². The molecular weight excluding hydrogens is 242 g/mol. The zero-order chi connectivity index (χ0) is 14.0. The summed E-state index contributed by atoms with van der Waals surface area (Å²) in [7, 11) is 0. The summed E-state index contributed by atoms with van der Waals surface area (Å²) in [6.07, 6.45) is -0.411. The minimum atomic E-state index is -0.454. The molecule has 1 atom stereocenters. The molecule has 0 saturated carbocycles. The number of ketones is 1. The Bertz CT molecular complexity index is 476.